The zero-order valence-corrected chi connectivity index (χ0v) is 12.0. The van der Waals surface area contributed by atoms with E-state index in [0.29, 0.717) is 11.8 Å². The number of rotatable bonds is 3. The van der Waals surface area contributed by atoms with E-state index in [-0.39, 0.29) is 12.4 Å². The highest BCUT2D eigenvalue weighted by Gasteiger charge is 2.21. The second-order valence-corrected chi connectivity index (χ2v) is 5.21. The Kier molecular flexibility index (Phi) is 4.38. The molecule has 0 fully saturated rings. The summed E-state index contributed by atoms with van der Waals surface area (Å²) in [6.07, 6.45) is 4.55. The number of phenols is 1. The van der Waals surface area contributed by atoms with Crippen LogP contribution < -0.4 is 5.32 Å². The van der Waals surface area contributed by atoms with Gasteiger partial charge in [0.05, 0.1) is 0 Å². The van der Waals surface area contributed by atoms with Gasteiger partial charge in [-0.3, -0.25) is 0 Å². The lowest BCUT2D eigenvalue weighted by Crippen LogP contribution is -2.34. The molecule has 0 saturated heterocycles. The largest absolute Gasteiger partial charge is 0.508 e. The van der Waals surface area contributed by atoms with Crippen LogP contribution in [0.3, 0.4) is 0 Å². The number of aromatic hydroxyl groups is 1. The van der Waals surface area contributed by atoms with Crippen LogP contribution in [0.25, 0.3) is 10.9 Å². The van der Waals surface area contributed by atoms with Crippen LogP contribution in [-0.2, 0) is 12.8 Å². The van der Waals surface area contributed by atoms with Crippen LogP contribution in [0, 0.1) is 0 Å². The maximum absolute atomic E-state index is 9.63. The van der Waals surface area contributed by atoms with Crippen molar-refractivity contribution in [1.29, 1.82) is 0 Å². The number of fused-ring (bicyclic) bond motifs is 3. The van der Waals surface area contributed by atoms with E-state index in [9.17, 15) is 5.11 Å². The van der Waals surface area contributed by atoms with Gasteiger partial charge in [-0.15, -0.1) is 12.4 Å². The van der Waals surface area contributed by atoms with Crippen molar-refractivity contribution in [3.8, 4) is 5.75 Å². The fourth-order valence-electron chi connectivity index (χ4n) is 2.93. The zero-order valence-electron chi connectivity index (χ0n) is 11.2. The van der Waals surface area contributed by atoms with Crippen LogP contribution in [0.4, 0.5) is 0 Å². The molecule has 2 aromatic rings. The molecule has 1 heterocycles. The number of hydrogen-bond acceptors (Lipinski definition) is 2. The molecular formula is C15H21ClN2O. The third-order valence-electron chi connectivity index (χ3n) is 3.85. The number of aromatic nitrogens is 1. The quantitative estimate of drug-likeness (QED) is 0.809. The van der Waals surface area contributed by atoms with Gasteiger partial charge in [-0.2, -0.15) is 0 Å². The average molecular weight is 281 g/mol. The molecule has 0 aliphatic heterocycles. The van der Waals surface area contributed by atoms with Crippen molar-refractivity contribution in [2.45, 2.75) is 38.6 Å². The Bertz CT molecular complexity index is 565. The summed E-state index contributed by atoms with van der Waals surface area (Å²) in [6, 6.07) is 6.18. The number of hydrogen-bond donors (Lipinski definition) is 3. The number of halogens is 1. The van der Waals surface area contributed by atoms with Crippen LogP contribution in [0.2, 0.25) is 0 Å². The van der Waals surface area contributed by atoms with Crippen molar-refractivity contribution in [3.63, 3.8) is 0 Å². The standard InChI is InChI=1S/C15H20N2O.ClH/c1-2-7-16-10-3-5-14-12(8-10)13-9-11(18)4-6-15(13)17-14;/h4,6,9-10,16-18H,2-3,5,7-8H2,1H3;1H. The van der Waals surface area contributed by atoms with E-state index < -0.39 is 0 Å². The molecule has 1 aromatic heterocycles. The first-order valence-electron chi connectivity index (χ1n) is 6.83. The number of nitrogens with one attached hydrogen (secondary N) is 2. The van der Waals surface area contributed by atoms with Crippen molar-refractivity contribution >= 4 is 23.3 Å². The average Bonchev–Trinajstić information content (AvgIpc) is 2.74. The van der Waals surface area contributed by atoms with E-state index in [1.54, 1.807) is 6.07 Å². The Balaban J connectivity index is 0.00000133. The van der Waals surface area contributed by atoms with E-state index in [1.165, 1.54) is 29.5 Å². The SMILES string of the molecule is CCCNC1CCc2[nH]c3ccc(O)cc3c2C1.Cl. The third kappa shape index (κ3) is 2.72. The molecule has 1 unspecified atom stereocenters. The summed E-state index contributed by atoms with van der Waals surface area (Å²) in [6.45, 7) is 3.29. The van der Waals surface area contributed by atoms with Gasteiger partial charge in [0.2, 0.25) is 0 Å². The van der Waals surface area contributed by atoms with Gasteiger partial charge < -0.3 is 15.4 Å². The fourth-order valence-corrected chi connectivity index (χ4v) is 2.93. The van der Waals surface area contributed by atoms with Crippen LogP contribution in [0.15, 0.2) is 18.2 Å². The molecule has 0 radical (unpaired) electrons. The first-order valence-corrected chi connectivity index (χ1v) is 6.83. The lowest BCUT2D eigenvalue weighted by atomic mass is 9.91. The molecule has 1 atom stereocenters. The monoisotopic (exact) mass is 280 g/mol. The van der Waals surface area contributed by atoms with Crippen molar-refractivity contribution in [2.24, 2.45) is 0 Å². The summed E-state index contributed by atoms with van der Waals surface area (Å²) in [5.41, 5.74) is 3.89. The van der Waals surface area contributed by atoms with Crippen LogP contribution in [0.1, 0.15) is 31.0 Å². The summed E-state index contributed by atoms with van der Waals surface area (Å²) in [7, 11) is 0. The molecule has 3 N–H and O–H groups in total. The van der Waals surface area contributed by atoms with Crippen LogP contribution in [-0.4, -0.2) is 22.7 Å². The van der Waals surface area contributed by atoms with Gasteiger partial charge in [-0.25, -0.2) is 0 Å². The van der Waals surface area contributed by atoms with Crippen molar-refractivity contribution in [3.05, 3.63) is 29.5 Å². The highest BCUT2D eigenvalue weighted by atomic mass is 35.5. The highest BCUT2D eigenvalue weighted by Crippen LogP contribution is 2.31. The number of benzene rings is 1. The third-order valence-corrected chi connectivity index (χ3v) is 3.85. The molecule has 104 valence electrons. The van der Waals surface area contributed by atoms with Crippen molar-refractivity contribution < 1.29 is 5.11 Å². The van der Waals surface area contributed by atoms with E-state index >= 15 is 0 Å². The summed E-state index contributed by atoms with van der Waals surface area (Å²) in [5, 5.41) is 14.4. The lowest BCUT2D eigenvalue weighted by Gasteiger charge is -2.23. The molecule has 1 aromatic carbocycles. The molecule has 3 rings (SSSR count). The second-order valence-electron chi connectivity index (χ2n) is 5.21. The maximum atomic E-state index is 9.63. The summed E-state index contributed by atoms with van der Waals surface area (Å²) >= 11 is 0. The Morgan fingerprint density at radius 2 is 2.26 bits per heavy atom. The minimum Gasteiger partial charge on any atom is -0.508 e. The highest BCUT2D eigenvalue weighted by molar-refractivity contribution is 5.86. The molecule has 0 amide bonds. The molecule has 3 nitrogen and oxygen atoms in total. The Morgan fingerprint density at radius 1 is 1.42 bits per heavy atom. The fraction of sp³-hybridized carbons (Fsp3) is 0.467. The van der Waals surface area contributed by atoms with Gasteiger partial charge in [0, 0.05) is 22.6 Å². The number of aryl methyl sites for hydroxylation is 1. The summed E-state index contributed by atoms with van der Waals surface area (Å²) < 4.78 is 0. The first-order chi connectivity index (χ1) is 8.78. The van der Waals surface area contributed by atoms with Gasteiger partial charge in [0.1, 0.15) is 5.75 Å². The first kappa shape index (κ1) is 14.2. The number of phenolic OH excluding ortho intramolecular Hbond substituents is 1. The van der Waals surface area contributed by atoms with E-state index in [1.807, 2.05) is 12.1 Å². The van der Waals surface area contributed by atoms with Gasteiger partial charge >= 0.3 is 0 Å². The number of H-pyrrole nitrogens is 1. The molecule has 1 aliphatic rings. The minimum absolute atomic E-state index is 0. The van der Waals surface area contributed by atoms with Gasteiger partial charge in [-0.1, -0.05) is 6.92 Å². The van der Waals surface area contributed by atoms with E-state index in [4.69, 9.17) is 0 Å². The Morgan fingerprint density at radius 3 is 3.05 bits per heavy atom. The minimum atomic E-state index is 0. The predicted molar refractivity (Wildman–Crippen MR) is 81.3 cm³/mol. The Hall–Kier alpha value is -1.19. The Labute approximate surface area is 119 Å². The van der Waals surface area contributed by atoms with Gasteiger partial charge in [0.15, 0.2) is 0 Å². The smallest absolute Gasteiger partial charge is 0.116 e. The number of aromatic amines is 1. The van der Waals surface area contributed by atoms with Crippen molar-refractivity contribution in [1.82, 2.24) is 10.3 Å². The second kappa shape index (κ2) is 5.85. The molecular weight excluding hydrogens is 260 g/mol. The predicted octanol–water partition coefficient (Wildman–Crippen LogP) is 3.15. The van der Waals surface area contributed by atoms with Crippen LogP contribution >= 0.6 is 12.4 Å². The normalized spacial score (nSPS) is 18.1. The van der Waals surface area contributed by atoms with Gasteiger partial charge in [0.25, 0.3) is 0 Å². The molecule has 0 saturated carbocycles. The van der Waals surface area contributed by atoms with Crippen molar-refractivity contribution in [2.75, 3.05) is 6.54 Å². The van der Waals surface area contributed by atoms with E-state index in [0.717, 1.165) is 24.9 Å². The molecule has 4 heteroatoms. The molecule has 0 spiro atoms. The van der Waals surface area contributed by atoms with Gasteiger partial charge in [-0.05, 0) is 56.0 Å². The molecule has 0 bridgehead atoms. The zero-order chi connectivity index (χ0) is 12.5. The molecule has 1 aliphatic carbocycles. The summed E-state index contributed by atoms with van der Waals surface area (Å²) in [5.74, 6) is 0.355. The van der Waals surface area contributed by atoms with E-state index in [2.05, 4.69) is 17.2 Å². The topological polar surface area (TPSA) is 48.0 Å². The maximum Gasteiger partial charge on any atom is 0.116 e. The van der Waals surface area contributed by atoms with Crippen LogP contribution in [0.5, 0.6) is 5.75 Å². The molecule has 19 heavy (non-hydrogen) atoms. The summed E-state index contributed by atoms with van der Waals surface area (Å²) in [4.78, 5) is 3.48. The lowest BCUT2D eigenvalue weighted by molar-refractivity contribution is 0.458.